The number of hydrogen-bond acceptors (Lipinski definition) is 3. The van der Waals surface area contributed by atoms with Crippen molar-refractivity contribution in [3.8, 4) is 0 Å². The summed E-state index contributed by atoms with van der Waals surface area (Å²) in [5.41, 5.74) is 1.89. The SMILES string of the molecule is C/C=C/Cn1cc(/C=C/C(=O)CC(=O)C(=O)O)c2ccccc21. The standard InChI is InChI=1S/C18H17NO4/c1-2-3-10-19-12-13(15-6-4-5-7-16(15)19)8-9-14(20)11-17(21)18(22)23/h2-9,12H,10-11H2,1H3,(H,22,23)/b3-2+,9-8+. The van der Waals surface area contributed by atoms with E-state index < -0.39 is 24.0 Å². The van der Waals surface area contributed by atoms with Gasteiger partial charge in [-0.25, -0.2) is 4.79 Å². The van der Waals surface area contributed by atoms with E-state index in [1.807, 2.05) is 49.5 Å². The minimum atomic E-state index is -1.59. The summed E-state index contributed by atoms with van der Waals surface area (Å²) < 4.78 is 2.06. The van der Waals surface area contributed by atoms with Crippen LogP contribution in [0.1, 0.15) is 18.9 Å². The fraction of sp³-hybridized carbons (Fsp3) is 0.167. The van der Waals surface area contributed by atoms with Gasteiger partial charge in [-0.3, -0.25) is 9.59 Å². The molecule has 5 nitrogen and oxygen atoms in total. The zero-order valence-corrected chi connectivity index (χ0v) is 12.7. The molecule has 0 saturated carbocycles. The van der Waals surface area contributed by atoms with Gasteiger partial charge in [0.1, 0.15) is 0 Å². The van der Waals surface area contributed by atoms with E-state index in [0.29, 0.717) is 0 Å². The van der Waals surface area contributed by atoms with E-state index in [4.69, 9.17) is 5.11 Å². The molecule has 2 aromatic rings. The number of aliphatic carboxylic acids is 1. The molecular weight excluding hydrogens is 294 g/mol. The number of Topliss-reactive ketones (excluding diaryl/α,β-unsaturated/α-hetero) is 1. The molecule has 1 N–H and O–H groups in total. The lowest BCUT2D eigenvalue weighted by atomic mass is 10.1. The van der Waals surface area contributed by atoms with Gasteiger partial charge in [-0.2, -0.15) is 0 Å². The van der Waals surface area contributed by atoms with Crippen molar-refractivity contribution in [2.75, 3.05) is 0 Å². The van der Waals surface area contributed by atoms with Gasteiger partial charge in [-0.1, -0.05) is 30.4 Å². The molecule has 0 fully saturated rings. The van der Waals surface area contributed by atoms with Crippen molar-refractivity contribution in [1.82, 2.24) is 4.57 Å². The number of fused-ring (bicyclic) bond motifs is 1. The molecule has 0 bridgehead atoms. The van der Waals surface area contributed by atoms with E-state index in [1.54, 1.807) is 6.08 Å². The van der Waals surface area contributed by atoms with Gasteiger partial charge in [-0.15, -0.1) is 0 Å². The quantitative estimate of drug-likeness (QED) is 0.369. The van der Waals surface area contributed by atoms with E-state index in [2.05, 4.69) is 4.57 Å². The highest BCUT2D eigenvalue weighted by Crippen LogP contribution is 2.22. The van der Waals surface area contributed by atoms with Crippen molar-refractivity contribution in [2.45, 2.75) is 19.9 Å². The lowest BCUT2D eigenvalue weighted by Gasteiger charge is -1.99. The predicted octanol–water partition coefficient (Wildman–Crippen LogP) is 2.84. The second-order valence-corrected chi connectivity index (χ2v) is 5.03. The molecule has 0 amide bonds. The first-order valence-corrected chi connectivity index (χ1v) is 7.19. The second kappa shape index (κ2) is 7.35. The Hall–Kier alpha value is -2.95. The third-order valence-corrected chi connectivity index (χ3v) is 3.38. The van der Waals surface area contributed by atoms with Crippen LogP contribution in [0.5, 0.6) is 0 Å². The van der Waals surface area contributed by atoms with Crippen molar-refractivity contribution in [3.05, 3.63) is 54.3 Å². The monoisotopic (exact) mass is 311 g/mol. The largest absolute Gasteiger partial charge is 0.475 e. The molecule has 1 aromatic heterocycles. The van der Waals surface area contributed by atoms with Gasteiger partial charge in [0, 0.05) is 29.2 Å². The van der Waals surface area contributed by atoms with Gasteiger partial charge in [0.05, 0.1) is 6.42 Å². The molecule has 118 valence electrons. The summed E-state index contributed by atoms with van der Waals surface area (Å²) in [5.74, 6) is -3.22. The minimum absolute atomic E-state index is 0.525. The fourth-order valence-corrected chi connectivity index (χ4v) is 2.25. The highest BCUT2D eigenvalue weighted by molar-refractivity contribution is 6.37. The molecule has 23 heavy (non-hydrogen) atoms. The smallest absolute Gasteiger partial charge is 0.372 e. The van der Waals surface area contributed by atoms with Crippen molar-refractivity contribution < 1.29 is 19.5 Å². The number of nitrogens with zero attached hydrogens (tertiary/aromatic N) is 1. The van der Waals surface area contributed by atoms with Crippen molar-refractivity contribution in [2.24, 2.45) is 0 Å². The normalized spacial score (nSPS) is 11.5. The molecule has 0 spiro atoms. The zero-order chi connectivity index (χ0) is 16.8. The van der Waals surface area contributed by atoms with Crippen molar-refractivity contribution in [3.63, 3.8) is 0 Å². The Bertz CT molecular complexity index is 812. The fourth-order valence-electron chi connectivity index (χ4n) is 2.25. The first kappa shape index (κ1) is 16.4. The Morgan fingerprint density at radius 2 is 1.96 bits per heavy atom. The van der Waals surface area contributed by atoms with Crippen LogP contribution in [0.4, 0.5) is 0 Å². The number of allylic oxidation sites excluding steroid dienone is 3. The number of carboxylic acid groups (broad SMARTS) is 1. The number of hydrogen-bond donors (Lipinski definition) is 1. The molecule has 5 heteroatoms. The Morgan fingerprint density at radius 3 is 2.65 bits per heavy atom. The molecule has 0 unspecified atom stereocenters. The van der Waals surface area contributed by atoms with Gasteiger partial charge in [0.2, 0.25) is 5.78 Å². The highest BCUT2D eigenvalue weighted by Gasteiger charge is 2.14. The third-order valence-electron chi connectivity index (χ3n) is 3.38. The predicted molar refractivity (Wildman–Crippen MR) is 88.1 cm³/mol. The molecule has 0 aliphatic carbocycles. The average molecular weight is 311 g/mol. The van der Waals surface area contributed by atoms with Gasteiger partial charge in [0.15, 0.2) is 5.78 Å². The Morgan fingerprint density at radius 1 is 1.22 bits per heavy atom. The average Bonchev–Trinajstić information content (AvgIpc) is 2.89. The van der Waals surface area contributed by atoms with Crippen molar-refractivity contribution in [1.29, 1.82) is 0 Å². The lowest BCUT2D eigenvalue weighted by Crippen LogP contribution is -2.15. The molecule has 2 rings (SSSR count). The molecule has 1 aromatic carbocycles. The number of ketones is 2. The molecular formula is C18H17NO4. The number of benzene rings is 1. The van der Waals surface area contributed by atoms with Crippen LogP contribution in [0.15, 0.2) is 48.7 Å². The molecule has 0 atom stereocenters. The van der Waals surface area contributed by atoms with E-state index in [-0.39, 0.29) is 0 Å². The first-order chi connectivity index (χ1) is 11.0. The number of carboxylic acids is 1. The van der Waals surface area contributed by atoms with E-state index >= 15 is 0 Å². The van der Waals surface area contributed by atoms with Crippen LogP contribution < -0.4 is 0 Å². The maximum Gasteiger partial charge on any atom is 0.372 e. The second-order valence-electron chi connectivity index (χ2n) is 5.03. The number of carbonyl (C=O) groups excluding carboxylic acids is 2. The van der Waals surface area contributed by atoms with Crippen LogP contribution in [0, 0.1) is 0 Å². The number of aromatic nitrogens is 1. The Labute approximate surface area is 133 Å². The van der Waals surface area contributed by atoms with Crippen LogP contribution in [0.2, 0.25) is 0 Å². The summed E-state index contributed by atoms with van der Waals surface area (Å²) in [4.78, 5) is 33.1. The summed E-state index contributed by atoms with van der Waals surface area (Å²) in [7, 11) is 0. The molecule has 1 heterocycles. The number of carbonyl (C=O) groups is 3. The van der Waals surface area contributed by atoms with Gasteiger partial charge in [-0.05, 0) is 25.1 Å². The van der Waals surface area contributed by atoms with Crippen LogP contribution in [0.25, 0.3) is 17.0 Å². The van der Waals surface area contributed by atoms with Crippen LogP contribution in [-0.2, 0) is 20.9 Å². The maximum atomic E-state index is 11.7. The third kappa shape index (κ3) is 4.03. The van der Waals surface area contributed by atoms with Crippen LogP contribution in [-0.4, -0.2) is 27.2 Å². The Balaban J connectivity index is 2.26. The Kier molecular flexibility index (Phi) is 5.25. The number of rotatable bonds is 7. The van der Waals surface area contributed by atoms with Crippen LogP contribution >= 0.6 is 0 Å². The van der Waals surface area contributed by atoms with Crippen molar-refractivity contribution >= 4 is 34.5 Å². The molecule has 0 aliphatic heterocycles. The van der Waals surface area contributed by atoms with Gasteiger partial charge in [0.25, 0.3) is 0 Å². The summed E-state index contributed by atoms with van der Waals surface area (Å²) in [6.45, 7) is 2.67. The van der Waals surface area contributed by atoms with E-state index in [0.717, 1.165) is 23.0 Å². The summed E-state index contributed by atoms with van der Waals surface area (Å²) in [6, 6.07) is 7.80. The molecule has 0 aliphatic rings. The summed E-state index contributed by atoms with van der Waals surface area (Å²) in [6.07, 6.45) is 8.16. The van der Waals surface area contributed by atoms with E-state index in [9.17, 15) is 14.4 Å². The molecule has 0 radical (unpaired) electrons. The zero-order valence-electron chi connectivity index (χ0n) is 12.7. The summed E-state index contributed by atoms with van der Waals surface area (Å²) in [5, 5.41) is 9.50. The number of para-hydroxylation sites is 1. The lowest BCUT2D eigenvalue weighted by molar-refractivity contribution is -0.149. The maximum absolute atomic E-state index is 11.7. The molecule has 0 saturated heterocycles. The minimum Gasteiger partial charge on any atom is -0.475 e. The first-order valence-electron chi connectivity index (χ1n) is 7.19. The van der Waals surface area contributed by atoms with Gasteiger partial charge < -0.3 is 9.67 Å². The van der Waals surface area contributed by atoms with Crippen LogP contribution in [0.3, 0.4) is 0 Å². The summed E-state index contributed by atoms with van der Waals surface area (Å²) >= 11 is 0. The highest BCUT2D eigenvalue weighted by atomic mass is 16.4. The topological polar surface area (TPSA) is 76.4 Å². The van der Waals surface area contributed by atoms with E-state index in [1.165, 1.54) is 6.08 Å². The van der Waals surface area contributed by atoms with Gasteiger partial charge >= 0.3 is 5.97 Å².